The fraction of sp³-hybridized carbons (Fsp3) is 0.300. The van der Waals surface area contributed by atoms with Crippen LogP contribution in [0.5, 0.6) is 11.5 Å². The van der Waals surface area contributed by atoms with Crippen molar-refractivity contribution in [2.75, 3.05) is 32.6 Å². The first-order valence-corrected chi connectivity index (χ1v) is 8.94. The Balaban J connectivity index is 1.57. The lowest BCUT2D eigenvalue weighted by Gasteiger charge is -2.14. The van der Waals surface area contributed by atoms with E-state index in [1.165, 1.54) is 0 Å². The molecule has 0 amide bonds. The highest BCUT2D eigenvalue weighted by atomic mass is 16.5. The summed E-state index contributed by atoms with van der Waals surface area (Å²) in [6.45, 7) is 3.26. The molecule has 0 spiro atoms. The van der Waals surface area contributed by atoms with Crippen LogP contribution < -0.4 is 20.1 Å². The molecule has 2 heterocycles. The van der Waals surface area contributed by atoms with Crippen molar-refractivity contribution in [2.24, 2.45) is 4.99 Å². The Morgan fingerprint density at radius 1 is 1.22 bits per heavy atom. The van der Waals surface area contributed by atoms with E-state index in [9.17, 15) is 0 Å². The summed E-state index contributed by atoms with van der Waals surface area (Å²) >= 11 is 0. The van der Waals surface area contributed by atoms with Gasteiger partial charge in [-0.1, -0.05) is 6.07 Å². The van der Waals surface area contributed by atoms with Crippen molar-refractivity contribution in [3.63, 3.8) is 0 Å². The van der Waals surface area contributed by atoms with Crippen LogP contribution in [0.15, 0.2) is 53.8 Å². The summed E-state index contributed by atoms with van der Waals surface area (Å²) < 4.78 is 13.0. The molecule has 3 rings (SSSR count). The Labute approximate surface area is 159 Å². The third-order valence-corrected chi connectivity index (χ3v) is 4.04. The van der Waals surface area contributed by atoms with Crippen LogP contribution in [0.4, 0.5) is 5.69 Å². The SMILES string of the molecule is CCOc1ccc(NC(=NC)NCCc2cn3ccccc3n2)cc1OC. The molecule has 1 aromatic carbocycles. The number of benzene rings is 1. The molecule has 7 nitrogen and oxygen atoms in total. The number of aromatic nitrogens is 2. The molecule has 0 saturated heterocycles. The Morgan fingerprint density at radius 3 is 2.85 bits per heavy atom. The van der Waals surface area contributed by atoms with Gasteiger partial charge in [-0.05, 0) is 31.2 Å². The molecule has 0 aliphatic carbocycles. The number of guanidine groups is 1. The van der Waals surface area contributed by atoms with Gasteiger partial charge in [0.1, 0.15) is 5.65 Å². The number of nitrogens with zero attached hydrogens (tertiary/aromatic N) is 3. The topological polar surface area (TPSA) is 72.2 Å². The molecule has 2 aromatic heterocycles. The summed E-state index contributed by atoms with van der Waals surface area (Å²) in [7, 11) is 3.37. The minimum atomic E-state index is 0.593. The zero-order chi connectivity index (χ0) is 19.1. The molecule has 3 aromatic rings. The number of aliphatic imine (C=N–C) groups is 1. The molecule has 0 aliphatic heterocycles. The fourth-order valence-electron chi connectivity index (χ4n) is 2.75. The lowest BCUT2D eigenvalue weighted by Crippen LogP contribution is -2.32. The Morgan fingerprint density at radius 2 is 2.11 bits per heavy atom. The Kier molecular flexibility index (Phi) is 6.14. The van der Waals surface area contributed by atoms with Crippen molar-refractivity contribution in [2.45, 2.75) is 13.3 Å². The van der Waals surface area contributed by atoms with Gasteiger partial charge in [0, 0.05) is 44.2 Å². The zero-order valence-corrected chi connectivity index (χ0v) is 15.9. The molecule has 0 unspecified atom stereocenters. The summed E-state index contributed by atoms with van der Waals surface area (Å²) in [6, 6.07) is 11.7. The number of hydrogen-bond acceptors (Lipinski definition) is 4. The van der Waals surface area contributed by atoms with E-state index in [1.54, 1.807) is 14.2 Å². The first kappa shape index (κ1) is 18.6. The standard InChI is InChI=1S/C20H25N5O2/c1-4-27-17-9-8-15(13-18(17)26-3)24-20(21-2)22-11-10-16-14-25-12-6-5-7-19(25)23-16/h5-9,12-14H,4,10-11H2,1-3H3,(H2,21,22,24). The van der Waals surface area contributed by atoms with E-state index in [-0.39, 0.29) is 0 Å². The average Bonchev–Trinajstić information content (AvgIpc) is 3.11. The number of hydrogen-bond donors (Lipinski definition) is 2. The quantitative estimate of drug-likeness (QED) is 0.496. The average molecular weight is 367 g/mol. The largest absolute Gasteiger partial charge is 0.493 e. The maximum absolute atomic E-state index is 5.55. The molecule has 27 heavy (non-hydrogen) atoms. The van der Waals surface area contributed by atoms with Gasteiger partial charge in [0.25, 0.3) is 0 Å². The van der Waals surface area contributed by atoms with Gasteiger partial charge in [0.05, 0.1) is 19.4 Å². The molecule has 0 bridgehead atoms. The third kappa shape index (κ3) is 4.69. The molecule has 0 aliphatic rings. The zero-order valence-electron chi connectivity index (χ0n) is 15.9. The van der Waals surface area contributed by atoms with Crippen molar-refractivity contribution < 1.29 is 9.47 Å². The second kappa shape index (κ2) is 8.93. The molecule has 2 N–H and O–H groups in total. The van der Waals surface area contributed by atoms with Gasteiger partial charge >= 0.3 is 0 Å². The number of imidazole rings is 1. The van der Waals surface area contributed by atoms with Crippen LogP contribution >= 0.6 is 0 Å². The van der Waals surface area contributed by atoms with Gasteiger partial charge in [-0.25, -0.2) is 4.98 Å². The summed E-state index contributed by atoms with van der Waals surface area (Å²) in [4.78, 5) is 8.87. The van der Waals surface area contributed by atoms with E-state index >= 15 is 0 Å². The minimum Gasteiger partial charge on any atom is -0.493 e. The van der Waals surface area contributed by atoms with Crippen LogP contribution in [0.1, 0.15) is 12.6 Å². The number of fused-ring (bicyclic) bond motifs is 1. The maximum Gasteiger partial charge on any atom is 0.195 e. The highest BCUT2D eigenvalue weighted by molar-refractivity contribution is 5.93. The van der Waals surface area contributed by atoms with Gasteiger partial charge < -0.3 is 24.5 Å². The van der Waals surface area contributed by atoms with Crippen molar-refractivity contribution in [3.8, 4) is 11.5 Å². The predicted octanol–water partition coefficient (Wildman–Crippen LogP) is 2.97. The molecule has 142 valence electrons. The predicted molar refractivity (Wildman–Crippen MR) is 108 cm³/mol. The maximum atomic E-state index is 5.55. The molecule has 7 heteroatoms. The van der Waals surface area contributed by atoms with Crippen LogP contribution in [-0.2, 0) is 6.42 Å². The summed E-state index contributed by atoms with van der Waals surface area (Å²) in [5, 5.41) is 6.57. The first-order chi connectivity index (χ1) is 13.2. The summed E-state index contributed by atoms with van der Waals surface area (Å²) in [5.74, 6) is 2.09. The van der Waals surface area contributed by atoms with Crippen LogP contribution in [-0.4, -0.2) is 42.7 Å². The number of anilines is 1. The molecular formula is C20H25N5O2. The lowest BCUT2D eigenvalue weighted by atomic mass is 10.2. The van der Waals surface area contributed by atoms with Gasteiger partial charge in [0.15, 0.2) is 17.5 Å². The molecule has 0 saturated carbocycles. The normalized spacial score (nSPS) is 11.4. The van der Waals surface area contributed by atoms with E-state index in [2.05, 4.69) is 20.6 Å². The highest BCUT2D eigenvalue weighted by Gasteiger charge is 2.07. The second-order valence-corrected chi connectivity index (χ2v) is 5.87. The molecule has 0 fully saturated rings. The van der Waals surface area contributed by atoms with E-state index in [0.29, 0.717) is 18.3 Å². The number of methoxy groups -OCH3 is 1. The number of pyridine rings is 1. The van der Waals surface area contributed by atoms with E-state index in [4.69, 9.17) is 9.47 Å². The van der Waals surface area contributed by atoms with Crippen LogP contribution in [0.25, 0.3) is 5.65 Å². The van der Waals surface area contributed by atoms with E-state index in [1.807, 2.05) is 60.1 Å². The van der Waals surface area contributed by atoms with Crippen molar-refractivity contribution in [1.29, 1.82) is 0 Å². The fourth-order valence-corrected chi connectivity index (χ4v) is 2.75. The molecule has 0 radical (unpaired) electrons. The second-order valence-electron chi connectivity index (χ2n) is 5.87. The number of ether oxygens (including phenoxy) is 2. The molecular weight excluding hydrogens is 342 g/mol. The van der Waals surface area contributed by atoms with E-state index < -0.39 is 0 Å². The van der Waals surface area contributed by atoms with Crippen molar-refractivity contribution in [1.82, 2.24) is 14.7 Å². The molecule has 0 atom stereocenters. The first-order valence-electron chi connectivity index (χ1n) is 8.94. The van der Waals surface area contributed by atoms with Crippen molar-refractivity contribution in [3.05, 3.63) is 54.5 Å². The number of nitrogens with one attached hydrogen (secondary N) is 2. The number of rotatable bonds is 7. The third-order valence-electron chi connectivity index (χ3n) is 4.04. The summed E-state index contributed by atoms with van der Waals surface area (Å²) in [6.07, 6.45) is 4.85. The van der Waals surface area contributed by atoms with Gasteiger partial charge in [-0.15, -0.1) is 0 Å². The van der Waals surface area contributed by atoms with Gasteiger partial charge in [0.2, 0.25) is 0 Å². The Bertz CT molecular complexity index is 887. The van der Waals surface area contributed by atoms with Crippen LogP contribution in [0, 0.1) is 0 Å². The van der Waals surface area contributed by atoms with Crippen LogP contribution in [0.2, 0.25) is 0 Å². The van der Waals surface area contributed by atoms with Gasteiger partial charge in [-0.3, -0.25) is 4.99 Å². The Hall–Kier alpha value is -3.22. The van der Waals surface area contributed by atoms with E-state index in [0.717, 1.165) is 35.7 Å². The smallest absolute Gasteiger partial charge is 0.195 e. The lowest BCUT2D eigenvalue weighted by molar-refractivity contribution is 0.311. The van der Waals surface area contributed by atoms with Gasteiger partial charge in [-0.2, -0.15) is 0 Å². The highest BCUT2D eigenvalue weighted by Crippen LogP contribution is 2.30. The van der Waals surface area contributed by atoms with Crippen LogP contribution in [0.3, 0.4) is 0 Å². The van der Waals surface area contributed by atoms with Crippen molar-refractivity contribution >= 4 is 17.3 Å². The monoisotopic (exact) mass is 367 g/mol. The summed E-state index contributed by atoms with van der Waals surface area (Å²) in [5.41, 5.74) is 2.86. The minimum absolute atomic E-state index is 0.593.